The lowest BCUT2D eigenvalue weighted by Crippen LogP contribution is -2.21. The van der Waals surface area contributed by atoms with Crippen molar-refractivity contribution < 1.29 is 9.53 Å². The summed E-state index contributed by atoms with van der Waals surface area (Å²) >= 11 is 0. The third-order valence-electron chi connectivity index (χ3n) is 3.08. The molecule has 0 saturated heterocycles. The Morgan fingerprint density at radius 2 is 2.16 bits per heavy atom. The normalized spacial score (nSPS) is 11.2. The minimum atomic E-state index is -0.233. The van der Waals surface area contributed by atoms with Gasteiger partial charge in [-0.15, -0.1) is 0 Å². The number of carbonyl (C=O) groups excluding carboxylic acids is 1. The molecule has 0 saturated carbocycles. The van der Waals surface area contributed by atoms with Gasteiger partial charge < -0.3 is 14.6 Å². The maximum atomic E-state index is 11.3. The molecule has 0 amide bonds. The number of carbonyl (C=O) groups is 1. The lowest BCUT2D eigenvalue weighted by molar-refractivity contribution is -0.141. The van der Waals surface area contributed by atoms with Crippen molar-refractivity contribution in [2.24, 2.45) is 0 Å². The summed E-state index contributed by atoms with van der Waals surface area (Å²) in [4.78, 5) is 11.3. The van der Waals surface area contributed by atoms with E-state index in [4.69, 9.17) is 4.74 Å². The van der Waals surface area contributed by atoms with E-state index in [0.717, 1.165) is 17.4 Å². The van der Waals surface area contributed by atoms with Gasteiger partial charge in [-0.25, -0.2) is 0 Å². The summed E-state index contributed by atoms with van der Waals surface area (Å²) in [7, 11) is 1.41. The summed E-state index contributed by atoms with van der Waals surface area (Å²) in [6.45, 7) is 5.37. The zero-order chi connectivity index (χ0) is 13.8. The molecule has 1 N–H and O–H groups in total. The largest absolute Gasteiger partial charge is 0.468 e. The SMILES string of the molecule is COC(=O)Cn1ccc2cc(CNC(C)C)ccc21. The lowest BCUT2D eigenvalue weighted by Gasteiger charge is -2.09. The highest BCUT2D eigenvalue weighted by Crippen LogP contribution is 2.18. The van der Waals surface area contributed by atoms with Crippen LogP contribution < -0.4 is 5.32 Å². The second-order valence-electron chi connectivity index (χ2n) is 4.95. The number of esters is 1. The first-order valence-electron chi connectivity index (χ1n) is 6.48. The first kappa shape index (κ1) is 13.6. The third kappa shape index (κ3) is 3.35. The van der Waals surface area contributed by atoms with E-state index in [-0.39, 0.29) is 12.5 Å². The Hall–Kier alpha value is -1.81. The fourth-order valence-corrected chi connectivity index (χ4v) is 2.02. The first-order chi connectivity index (χ1) is 9.10. The highest BCUT2D eigenvalue weighted by Gasteiger charge is 2.06. The van der Waals surface area contributed by atoms with Crippen molar-refractivity contribution in [3.8, 4) is 0 Å². The van der Waals surface area contributed by atoms with Crippen LogP contribution in [-0.2, 0) is 22.6 Å². The van der Waals surface area contributed by atoms with Crippen molar-refractivity contribution in [3.63, 3.8) is 0 Å². The molecule has 4 nitrogen and oxygen atoms in total. The zero-order valence-electron chi connectivity index (χ0n) is 11.6. The molecule has 0 bridgehead atoms. The molecule has 4 heteroatoms. The van der Waals surface area contributed by atoms with E-state index in [1.165, 1.54) is 12.7 Å². The van der Waals surface area contributed by atoms with Crippen LogP contribution in [0.15, 0.2) is 30.5 Å². The van der Waals surface area contributed by atoms with Gasteiger partial charge in [-0.05, 0) is 29.1 Å². The van der Waals surface area contributed by atoms with Crippen LogP contribution in [0.4, 0.5) is 0 Å². The third-order valence-corrected chi connectivity index (χ3v) is 3.08. The number of aromatic nitrogens is 1. The summed E-state index contributed by atoms with van der Waals surface area (Å²) in [6.07, 6.45) is 1.92. The van der Waals surface area contributed by atoms with Gasteiger partial charge in [-0.3, -0.25) is 4.79 Å². The van der Waals surface area contributed by atoms with E-state index in [2.05, 4.69) is 37.4 Å². The van der Waals surface area contributed by atoms with Gasteiger partial charge in [0, 0.05) is 24.3 Å². The Morgan fingerprint density at radius 3 is 2.84 bits per heavy atom. The predicted octanol–water partition coefficient (Wildman–Crippen LogP) is 2.31. The van der Waals surface area contributed by atoms with E-state index < -0.39 is 0 Å². The first-order valence-corrected chi connectivity index (χ1v) is 6.48. The van der Waals surface area contributed by atoms with Crippen molar-refractivity contribution in [1.29, 1.82) is 0 Å². The van der Waals surface area contributed by atoms with Crippen LogP contribution >= 0.6 is 0 Å². The molecule has 0 aliphatic rings. The number of rotatable bonds is 5. The van der Waals surface area contributed by atoms with Crippen LogP contribution in [0.3, 0.4) is 0 Å². The zero-order valence-corrected chi connectivity index (χ0v) is 11.6. The predicted molar refractivity (Wildman–Crippen MR) is 75.9 cm³/mol. The molecule has 0 aliphatic carbocycles. The fourth-order valence-electron chi connectivity index (χ4n) is 2.02. The second kappa shape index (κ2) is 5.89. The van der Waals surface area contributed by atoms with E-state index in [1.807, 2.05) is 16.8 Å². The second-order valence-corrected chi connectivity index (χ2v) is 4.95. The summed E-state index contributed by atoms with van der Waals surface area (Å²) in [5, 5.41) is 4.54. The van der Waals surface area contributed by atoms with Gasteiger partial charge in [0.1, 0.15) is 6.54 Å². The molecule has 0 aliphatic heterocycles. The number of nitrogens with zero attached hydrogens (tertiary/aromatic N) is 1. The van der Waals surface area contributed by atoms with Crippen molar-refractivity contribution in [2.45, 2.75) is 33.0 Å². The van der Waals surface area contributed by atoms with Gasteiger partial charge in [-0.1, -0.05) is 19.9 Å². The standard InChI is InChI=1S/C15H20N2O2/c1-11(2)16-9-12-4-5-14-13(8-12)6-7-17(14)10-15(18)19-3/h4-8,11,16H,9-10H2,1-3H3. The van der Waals surface area contributed by atoms with Crippen molar-refractivity contribution in [1.82, 2.24) is 9.88 Å². The number of hydrogen-bond acceptors (Lipinski definition) is 3. The highest BCUT2D eigenvalue weighted by molar-refractivity contribution is 5.82. The number of methoxy groups -OCH3 is 1. The molecule has 2 aromatic rings. The van der Waals surface area contributed by atoms with E-state index >= 15 is 0 Å². The molecule has 1 heterocycles. The summed E-state index contributed by atoms with van der Waals surface area (Å²) in [5.41, 5.74) is 2.30. The smallest absolute Gasteiger partial charge is 0.325 e. The Kier molecular flexibility index (Phi) is 4.22. The van der Waals surface area contributed by atoms with Gasteiger partial charge in [0.25, 0.3) is 0 Å². The minimum Gasteiger partial charge on any atom is -0.468 e. The summed E-state index contributed by atoms with van der Waals surface area (Å²) in [5.74, 6) is -0.233. The quantitative estimate of drug-likeness (QED) is 0.839. The molecule has 0 radical (unpaired) electrons. The minimum absolute atomic E-state index is 0.233. The Balaban J connectivity index is 2.19. The Morgan fingerprint density at radius 1 is 1.37 bits per heavy atom. The van der Waals surface area contributed by atoms with Crippen LogP contribution in [0.2, 0.25) is 0 Å². The number of benzene rings is 1. The van der Waals surface area contributed by atoms with Crippen LogP contribution in [0.1, 0.15) is 19.4 Å². The van der Waals surface area contributed by atoms with Gasteiger partial charge >= 0.3 is 5.97 Å². The molecule has 0 spiro atoms. The van der Waals surface area contributed by atoms with Gasteiger partial charge in [0.15, 0.2) is 0 Å². The summed E-state index contributed by atoms with van der Waals surface area (Å²) < 4.78 is 6.59. The Labute approximate surface area is 113 Å². The topological polar surface area (TPSA) is 43.3 Å². The molecular weight excluding hydrogens is 240 g/mol. The number of hydrogen-bond donors (Lipinski definition) is 1. The van der Waals surface area contributed by atoms with Gasteiger partial charge in [-0.2, -0.15) is 0 Å². The molecule has 1 aromatic carbocycles. The lowest BCUT2D eigenvalue weighted by atomic mass is 10.1. The fraction of sp³-hybridized carbons (Fsp3) is 0.400. The van der Waals surface area contributed by atoms with E-state index in [9.17, 15) is 4.79 Å². The molecule has 102 valence electrons. The summed E-state index contributed by atoms with van der Waals surface area (Å²) in [6, 6.07) is 8.79. The molecule has 2 rings (SSSR count). The molecule has 0 fully saturated rings. The van der Waals surface area contributed by atoms with Crippen LogP contribution in [0.5, 0.6) is 0 Å². The molecule has 0 unspecified atom stereocenters. The van der Waals surface area contributed by atoms with Crippen LogP contribution in [0.25, 0.3) is 10.9 Å². The van der Waals surface area contributed by atoms with Crippen molar-refractivity contribution in [3.05, 3.63) is 36.0 Å². The number of nitrogens with one attached hydrogen (secondary N) is 1. The average Bonchev–Trinajstić information content (AvgIpc) is 2.78. The maximum Gasteiger partial charge on any atom is 0.325 e. The average molecular weight is 260 g/mol. The highest BCUT2D eigenvalue weighted by atomic mass is 16.5. The van der Waals surface area contributed by atoms with Crippen LogP contribution in [0, 0.1) is 0 Å². The van der Waals surface area contributed by atoms with Crippen LogP contribution in [-0.4, -0.2) is 23.7 Å². The number of ether oxygens (including phenoxy) is 1. The van der Waals surface area contributed by atoms with Crippen molar-refractivity contribution >= 4 is 16.9 Å². The molecular formula is C15H20N2O2. The molecule has 1 aromatic heterocycles. The van der Waals surface area contributed by atoms with E-state index in [0.29, 0.717) is 6.04 Å². The number of fused-ring (bicyclic) bond motifs is 1. The van der Waals surface area contributed by atoms with Gasteiger partial charge in [0.2, 0.25) is 0 Å². The maximum absolute atomic E-state index is 11.3. The van der Waals surface area contributed by atoms with E-state index in [1.54, 1.807) is 0 Å². The monoisotopic (exact) mass is 260 g/mol. The Bertz CT molecular complexity index is 573. The van der Waals surface area contributed by atoms with Crippen molar-refractivity contribution in [2.75, 3.05) is 7.11 Å². The molecule has 19 heavy (non-hydrogen) atoms. The van der Waals surface area contributed by atoms with Gasteiger partial charge in [0.05, 0.1) is 7.11 Å². The molecule has 0 atom stereocenters.